The van der Waals surface area contributed by atoms with Crippen LogP contribution in [0.1, 0.15) is 12.0 Å². The predicted molar refractivity (Wildman–Crippen MR) is 101 cm³/mol. The van der Waals surface area contributed by atoms with Gasteiger partial charge in [-0.15, -0.1) is 13.2 Å². The fraction of sp³-hybridized carbons (Fsp3) is 0.421. The maximum atomic E-state index is 12.6. The quantitative estimate of drug-likeness (QED) is 0.615. The van der Waals surface area contributed by atoms with Gasteiger partial charge < -0.3 is 9.64 Å². The number of ether oxygens (including phenoxy) is 1. The lowest BCUT2D eigenvalue weighted by Gasteiger charge is -2.26. The third kappa shape index (κ3) is 5.27. The number of hydrogen-bond donors (Lipinski definition) is 0. The third-order valence-corrected chi connectivity index (χ3v) is 6.12. The van der Waals surface area contributed by atoms with Crippen LogP contribution in [0.4, 0.5) is 0 Å². The van der Waals surface area contributed by atoms with Crippen molar-refractivity contribution < 1.29 is 17.9 Å². The Morgan fingerprint density at radius 3 is 2.23 bits per heavy atom. The maximum Gasteiger partial charge on any atom is 0.243 e. The Hall–Kier alpha value is -1.96. The fourth-order valence-electron chi connectivity index (χ4n) is 2.76. The number of carbonyl (C=O) groups is 1. The number of sulfonamides is 1. The molecule has 7 heteroatoms. The number of rotatable bonds is 9. The molecular formula is C19H26N2O4S. The molecule has 1 aliphatic rings. The molecule has 0 saturated carbocycles. The number of carbonyl (C=O) groups excluding carboxylic acids is 1. The van der Waals surface area contributed by atoms with Crippen molar-refractivity contribution in [1.29, 1.82) is 0 Å². The van der Waals surface area contributed by atoms with Crippen molar-refractivity contribution in [1.82, 2.24) is 9.21 Å². The highest BCUT2D eigenvalue weighted by atomic mass is 32.2. The van der Waals surface area contributed by atoms with Crippen molar-refractivity contribution in [3.05, 3.63) is 55.1 Å². The topological polar surface area (TPSA) is 66.9 Å². The van der Waals surface area contributed by atoms with E-state index in [9.17, 15) is 13.2 Å². The van der Waals surface area contributed by atoms with Gasteiger partial charge in [-0.25, -0.2) is 8.42 Å². The summed E-state index contributed by atoms with van der Waals surface area (Å²) in [7, 11) is -3.48. The first-order valence-corrected chi connectivity index (χ1v) is 10.1. The summed E-state index contributed by atoms with van der Waals surface area (Å²) in [5.74, 6) is 0.0230. The molecule has 1 aromatic rings. The summed E-state index contributed by atoms with van der Waals surface area (Å²) < 4.78 is 31.8. The average Bonchev–Trinajstić information content (AvgIpc) is 2.67. The number of aryl methyl sites for hydroxylation is 1. The van der Waals surface area contributed by atoms with E-state index in [4.69, 9.17) is 4.74 Å². The van der Waals surface area contributed by atoms with Gasteiger partial charge in [0.1, 0.15) is 0 Å². The van der Waals surface area contributed by atoms with Gasteiger partial charge in [-0.05, 0) is 24.1 Å². The Bertz CT molecular complexity index is 712. The van der Waals surface area contributed by atoms with Crippen molar-refractivity contribution in [3.63, 3.8) is 0 Å². The van der Waals surface area contributed by atoms with E-state index >= 15 is 0 Å². The van der Waals surface area contributed by atoms with E-state index in [-0.39, 0.29) is 10.8 Å². The summed E-state index contributed by atoms with van der Waals surface area (Å²) in [6.45, 7) is 9.89. The van der Waals surface area contributed by atoms with E-state index in [1.54, 1.807) is 41.3 Å². The van der Waals surface area contributed by atoms with E-state index in [2.05, 4.69) is 13.2 Å². The zero-order valence-electron chi connectivity index (χ0n) is 15.0. The molecule has 142 valence electrons. The fourth-order valence-corrected chi connectivity index (χ4v) is 4.17. The van der Waals surface area contributed by atoms with Gasteiger partial charge in [-0.1, -0.05) is 24.3 Å². The molecule has 1 aromatic carbocycles. The second kappa shape index (κ2) is 9.66. The van der Waals surface area contributed by atoms with Crippen molar-refractivity contribution >= 4 is 15.9 Å². The normalized spacial score (nSPS) is 15.4. The Morgan fingerprint density at radius 1 is 1.12 bits per heavy atom. The molecule has 1 aliphatic heterocycles. The van der Waals surface area contributed by atoms with Crippen LogP contribution in [-0.2, 0) is 26.0 Å². The Morgan fingerprint density at radius 2 is 1.69 bits per heavy atom. The van der Waals surface area contributed by atoms with Gasteiger partial charge in [0.05, 0.1) is 18.1 Å². The molecule has 0 spiro atoms. The van der Waals surface area contributed by atoms with Crippen molar-refractivity contribution in [3.8, 4) is 0 Å². The number of hydrogen-bond acceptors (Lipinski definition) is 4. The molecule has 0 N–H and O–H groups in total. The first-order chi connectivity index (χ1) is 12.5. The van der Waals surface area contributed by atoms with E-state index < -0.39 is 10.0 Å². The van der Waals surface area contributed by atoms with E-state index in [1.165, 1.54) is 4.31 Å². The lowest BCUT2D eigenvalue weighted by molar-refractivity contribution is -0.130. The summed E-state index contributed by atoms with van der Waals surface area (Å²) in [6, 6.07) is 6.75. The largest absolute Gasteiger partial charge is 0.379 e. The summed E-state index contributed by atoms with van der Waals surface area (Å²) in [5, 5.41) is 0. The van der Waals surface area contributed by atoms with E-state index in [1.807, 2.05) is 0 Å². The lowest BCUT2D eigenvalue weighted by atomic mass is 10.1. The zero-order valence-corrected chi connectivity index (χ0v) is 15.8. The molecule has 0 bridgehead atoms. The molecule has 1 heterocycles. The predicted octanol–water partition coefficient (Wildman–Crippen LogP) is 1.84. The molecule has 6 nitrogen and oxygen atoms in total. The smallest absolute Gasteiger partial charge is 0.243 e. The molecule has 26 heavy (non-hydrogen) atoms. The highest BCUT2D eigenvalue weighted by molar-refractivity contribution is 7.89. The van der Waals surface area contributed by atoms with Crippen LogP contribution in [0, 0.1) is 0 Å². The summed E-state index contributed by atoms with van der Waals surface area (Å²) in [4.78, 5) is 14.2. The van der Waals surface area contributed by atoms with Gasteiger partial charge in [-0.3, -0.25) is 4.79 Å². The van der Waals surface area contributed by atoms with Crippen LogP contribution in [0.2, 0.25) is 0 Å². The van der Waals surface area contributed by atoms with Crippen LogP contribution in [-0.4, -0.2) is 62.9 Å². The molecule has 1 fully saturated rings. The molecule has 0 aromatic heterocycles. The van der Waals surface area contributed by atoms with Crippen molar-refractivity contribution in [2.24, 2.45) is 0 Å². The molecule has 0 aliphatic carbocycles. The highest BCUT2D eigenvalue weighted by Gasteiger charge is 2.26. The van der Waals surface area contributed by atoms with E-state index in [0.29, 0.717) is 52.2 Å². The second-order valence-corrected chi connectivity index (χ2v) is 7.97. The minimum atomic E-state index is -3.48. The number of morpholine rings is 1. The van der Waals surface area contributed by atoms with Crippen LogP contribution in [0.15, 0.2) is 54.5 Å². The second-order valence-electron chi connectivity index (χ2n) is 6.04. The number of benzene rings is 1. The molecule has 1 amide bonds. The van der Waals surface area contributed by atoms with Crippen LogP contribution >= 0.6 is 0 Å². The number of amides is 1. The summed E-state index contributed by atoms with van der Waals surface area (Å²) in [6.07, 6.45) is 4.29. The SMILES string of the molecule is C=CCN(CC=C)C(=O)CCc1ccc(S(=O)(=O)N2CCOCC2)cc1. The highest BCUT2D eigenvalue weighted by Crippen LogP contribution is 2.18. The van der Waals surface area contributed by atoms with Gasteiger partial charge in [0.25, 0.3) is 0 Å². The Kier molecular flexibility index (Phi) is 7.56. The minimum absolute atomic E-state index is 0.0230. The maximum absolute atomic E-state index is 12.6. The van der Waals surface area contributed by atoms with Gasteiger partial charge in [-0.2, -0.15) is 4.31 Å². The first kappa shape index (κ1) is 20.4. The van der Waals surface area contributed by atoms with Gasteiger partial charge in [0.2, 0.25) is 15.9 Å². The zero-order chi connectivity index (χ0) is 19.0. The van der Waals surface area contributed by atoms with Crippen LogP contribution < -0.4 is 0 Å². The Balaban J connectivity index is 1.97. The van der Waals surface area contributed by atoms with Crippen LogP contribution in [0.5, 0.6) is 0 Å². The van der Waals surface area contributed by atoms with Crippen molar-refractivity contribution in [2.45, 2.75) is 17.7 Å². The van der Waals surface area contributed by atoms with Gasteiger partial charge >= 0.3 is 0 Å². The molecule has 0 atom stereocenters. The van der Waals surface area contributed by atoms with Crippen LogP contribution in [0.3, 0.4) is 0 Å². The Labute approximate surface area is 155 Å². The number of nitrogens with zero attached hydrogens (tertiary/aromatic N) is 2. The summed E-state index contributed by atoms with van der Waals surface area (Å²) in [5.41, 5.74) is 0.927. The standard InChI is InChI=1S/C19H26N2O4S/c1-3-11-20(12-4-2)19(22)10-7-17-5-8-18(9-6-17)26(23,24)21-13-15-25-16-14-21/h3-6,8-9H,1-2,7,10-16H2. The van der Waals surface area contributed by atoms with Gasteiger partial charge in [0, 0.05) is 32.6 Å². The minimum Gasteiger partial charge on any atom is -0.379 e. The summed E-state index contributed by atoms with van der Waals surface area (Å²) >= 11 is 0. The monoisotopic (exact) mass is 378 g/mol. The molecular weight excluding hydrogens is 352 g/mol. The molecule has 2 rings (SSSR count). The average molecular weight is 378 g/mol. The third-order valence-electron chi connectivity index (χ3n) is 4.21. The molecule has 1 saturated heterocycles. The van der Waals surface area contributed by atoms with E-state index in [0.717, 1.165) is 5.56 Å². The van der Waals surface area contributed by atoms with Crippen molar-refractivity contribution in [2.75, 3.05) is 39.4 Å². The molecule has 0 unspecified atom stereocenters. The molecule has 0 radical (unpaired) electrons. The lowest BCUT2D eigenvalue weighted by Crippen LogP contribution is -2.40. The van der Waals surface area contributed by atoms with Gasteiger partial charge in [0.15, 0.2) is 0 Å². The first-order valence-electron chi connectivity index (χ1n) is 8.65. The van der Waals surface area contributed by atoms with Crippen LogP contribution in [0.25, 0.3) is 0 Å².